The van der Waals surface area contributed by atoms with Crippen molar-refractivity contribution in [2.45, 2.75) is 13.0 Å². The van der Waals surface area contributed by atoms with Crippen LogP contribution in [0.25, 0.3) is 0 Å². The van der Waals surface area contributed by atoms with Crippen LogP contribution in [0.2, 0.25) is 10.3 Å². The number of aromatic nitrogens is 2. The van der Waals surface area contributed by atoms with Gasteiger partial charge in [-0.2, -0.15) is 0 Å². The van der Waals surface area contributed by atoms with Crippen LogP contribution < -0.4 is 0 Å². The molecule has 1 aromatic carbocycles. The first-order valence-electron chi connectivity index (χ1n) is 5.40. The Kier molecular flexibility index (Phi) is 4.17. The molecule has 0 N–H and O–H groups in total. The van der Waals surface area contributed by atoms with E-state index < -0.39 is 0 Å². The van der Waals surface area contributed by atoms with Crippen LogP contribution in [0.3, 0.4) is 0 Å². The second-order valence-corrected chi connectivity index (χ2v) is 4.53. The van der Waals surface area contributed by atoms with Crippen LogP contribution in [0.1, 0.15) is 23.1 Å². The summed E-state index contributed by atoms with van der Waals surface area (Å²) in [5.74, 6) is 0.462. The molecule has 2 aromatic rings. The molecule has 3 nitrogen and oxygen atoms in total. The van der Waals surface area contributed by atoms with Crippen molar-refractivity contribution in [1.29, 1.82) is 0 Å². The average Bonchev–Trinajstić information content (AvgIpc) is 2.38. The molecule has 0 radical (unpaired) electrons. The van der Waals surface area contributed by atoms with E-state index in [0.717, 1.165) is 5.56 Å². The van der Waals surface area contributed by atoms with E-state index in [-0.39, 0.29) is 6.10 Å². The zero-order valence-corrected chi connectivity index (χ0v) is 11.5. The van der Waals surface area contributed by atoms with Gasteiger partial charge in [0, 0.05) is 12.7 Å². The minimum Gasteiger partial charge on any atom is -0.369 e. The van der Waals surface area contributed by atoms with E-state index in [2.05, 4.69) is 9.97 Å². The van der Waals surface area contributed by atoms with E-state index >= 15 is 0 Å². The summed E-state index contributed by atoms with van der Waals surface area (Å²) in [5, 5.41) is 0.700. The normalized spacial score (nSPS) is 12.4. The maximum absolute atomic E-state index is 6.02. The number of benzene rings is 1. The van der Waals surface area contributed by atoms with Gasteiger partial charge in [0.15, 0.2) is 5.82 Å². The van der Waals surface area contributed by atoms with Gasteiger partial charge in [0.25, 0.3) is 0 Å². The lowest BCUT2D eigenvalue weighted by molar-refractivity contribution is 0.129. The predicted molar refractivity (Wildman–Crippen MR) is 72.1 cm³/mol. The summed E-state index contributed by atoms with van der Waals surface area (Å²) in [4.78, 5) is 8.45. The maximum Gasteiger partial charge on any atom is 0.165 e. The molecule has 0 spiro atoms. The number of nitrogens with zero attached hydrogens (tertiary/aromatic N) is 2. The molecule has 0 amide bonds. The van der Waals surface area contributed by atoms with Gasteiger partial charge in [0.2, 0.25) is 0 Å². The molecular weight excluding hydrogens is 271 g/mol. The molecule has 2 rings (SSSR count). The molecule has 0 aliphatic rings. The number of hydrogen-bond acceptors (Lipinski definition) is 3. The fourth-order valence-corrected chi connectivity index (χ4v) is 2.02. The maximum atomic E-state index is 6.02. The van der Waals surface area contributed by atoms with Crippen molar-refractivity contribution in [3.63, 3.8) is 0 Å². The van der Waals surface area contributed by atoms with Gasteiger partial charge in [0.1, 0.15) is 16.4 Å². The van der Waals surface area contributed by atoms with Crippen molar-refractivity contribution >= 4 is 23.2 Å². The van der Waals surface area contributed by atoms with Crippen LogP contribution in [-0.2, 0) is 4.74 Å². The molecule has 0 aliphatic heterocycles. The molecule has 0 fully saturated rings. The number of hydrogen-bond donors (Lipinski definition) is 0. The van der Waals surface area contributed by atoms with E-state index in [9.17, 15) is 0 Å². The van der Waals surface area contributed by atoms with Crippen molar-refractivity contribution < 1.29 is 4.74 Å². The lowest BCUT2D eigenvalue weighted by Gasteiger charge is -2.15. The van der Waals surface area contributed by atoms with E-state index in [1.807, 2.05) is 30.3 Å². The Hall–Kier alpha value is -1.16. The van der Waals surface area contributed by atoms with Gasteiger partial charge in [-0.25, -0.2) is 9.97 Å². The minimum atomic E-state index is -0.373. The van der Waals surface area contributed by atoms with Gasteiger partial charge in [0.05, 0.1) is 0 Å². The van der Waals surface area contributed by atoms with Gasteiger partial charge in [-0.15, -0.1) is 0 Å². The van der Waals surface area contributed by atoms with E-state index in [1.165, 1.54) is 0 Å². The molecule has 0 bridgehead atoms. The Labute approximate surface area is 116 Å². The Morgan fingerprint density at radius 1 is 1.06 bits per heavy atom. The minimum absolute atomic E-state index is 0.350. The zero-order chi connectivity index (χ0) is 13.1. The van der Waals surface area contributed by atoms with Crippen LogP contribution >= 0.6 is 23.2 Å². The molecule has 1 unspecified atom stereocenters. The largest absolute Gasteiger partial charge is 0.369 e. The molecular formula is C13H12Cl2N2O. The lowest BCUT2D eigenvalue weighted by atomic mass is 10.1. The van der Waals surface area contributed by atoms with Crippen molar-refractivity contribution in [1.82, 2.24) is 9.97 Å². The summed E-state index contributed by atoms with van der Waals surface area (Å²) in [6.07, 6.45) is -0.373. The molecule has 94 valence electrons. The molecule has 1 atom stereocenters. The van der Waals surface area contributed by atoms with Crippen molar-refractivity contribution in [2.24, 2.45) is 0 Å². The number of methoxy groups -OCH3 is 1. The van der Waals surface area contributed by atoms with Crippen LogP contribution in [0.15, 0.2) is 30.3 Å². The van der Waals surface area contributed by atoms with Crippen LogP contribution in [0.4, 0.5) is 0 Å². The van der Waals surface area contributed by atoms with E-state index in [0.29, 0.717) is 21.7 Å². The smallest absolute Gasteiger partial charge is 0.165 e. The summed E-state index contributed by atoms with van der Waals surface area (Å²) in [5.41, 5.74) is 1.63. The van der Waals surface area contributed by atoms with Gasteiger partial charge in [-0.1, -0.05) is 53.5 Å². The Bertz CT molecular complexity index is 523. The third-order valence-electron chi connectivity index (χ3n) is 2.62. The highest BCUT2D eigenvalue weighted by molar-refractivity contribution is 6.34. The fraction of sp³-hybridized carbons (Fsp3) is 0.231. The summed E-state index contributed by atoms with van der Waals surface area (Å²) in [6, 6.07) is 9.68. The first-order valence-corrected chi connectivity index (χ1v) is 6.16. The predicted octanol–water partition coefficient (Wildman–Crippen LogP) is 3.83. The standard InChI is InChI=1S/C13H12Cl2N2O/c1-8-11(14)16-13(17-12(8)15)10(18-2)9-6-4-3-5-7-9/h3-7,10H,1-2H3. The third-order valence-corrected chi connectivity index (χ3v) is 3.35. The SMILES string of the molecule is COC(c1ccccc1)c1nc(Cl)c(C)c(Cl)n1. The van der Waals surface area contributed by atoms with Crippen molar-refractivity contribution in [3.8, 4) is 0 Å². The van der Waals surface area contributed by atoms with Crippen LogP contribution in [0, 0.1) is 6.92 Å². The van der Waals surface area contributed by atoms with Crippen LogP contribution in [-0.4, -0.2) is 17.1 Å². The van der Waals surface area contributed by atoms with E-state index in [1.54, 1.807) is 14.0 Å². The van der Waals surface area contributed by atoms with Gasteiger partial charge in [-0.3, -0.25) is 0 Å². The van der Waals surface area contributed by atoms with E-state index in [4.69, 9.17) is 27.9 Å². The van der Waals surface area contributed by atoms with Crippen molar-refractivity contribution in [3.05, 3.63) is 57.6 Å². The number of halogens is 2. The Morgan fingerprint density at radius 2 is 1.61 bits per heavy atom. The number of rotatable bonds is 3. The molecule has 0 saturated carbocycles. The van der Waals surface area contributed by atoms with Crippen LogP contribution in [0.5, 0.6) is 0 Å². The summed E-state index contributed by atoms with van der Waals surface area (Å²) < 4.78 is 5.43. The average molecular weight is 283 g/mol. The summed E-state index contributed by atoms with van der Waals surface area (Å²) in [6.45, 7) is 1.78. The van der Waals surface area contributed by atoms with Gasteiger partial charge < -0.3 is 4.74 Å². The first-order chi connectivity index (χ1) is 8.63. The molecule has 1 heterocycles. The zero-order valence-electron chi connectivity index (χ0n) is 10.0. The van der Waals surface area contributed by atoms with Gasteiger partial charge in [-0.05, 0) is 12.5 Å². The molecule has 5 heteroatoms. The second kappa shape index (κ2) is 5.65. The summed E-state index contributed by atoms with van der Waals surface area (Å²) in [7, 11) is 1.60. The Morgan fingerprint density at radius 3 is 2.11 bits per heavy atom. The topological polar surface area (TPSA) is 35.0 Å². The number of ether oxygens (including phenoxy) is 1. The highest BCUT2D eigenvalue weighted by Gasteiger charge is 2.18. The van der Waals surface area contributed by atoms with Crippen molar-refractivity contribution in [2.75, 3.05) is 7.11 Å². The Balaban J connectivity index is 2.46. The van der Waals surface area contributed by atoms with Gasteiger partial charge >= 0.3 is 0 Å². The highest BCUT2D eigenvalue weighted by atomic mass is 35.5. The molecule has 18 heavy (non-hydrogen) atoms. The fourth-order valence-electron chi connectivity index (χ4n) is 1.61. The summed E-state index contributed by atoms with van der Waals surface area (Å²) >= 11 is 12.0. The molecule has 0 aliphatic carbocycles. The third kappa shape index (κ3) is 2.64. The lowest BCUT2D eigenvalue weighted by Crippen LogP contribution is -2.09. The second-order valence-electron chi connectivity index (χ2n) is 3.81. The molecule has 0 saturated heterocycles. The monoisotopic (exact) mass is 282 g/mol. The highest BCUT2D eigenvalue weighted by Crippen LogP contribution is 2.27. The molecule has 1 aromatic heterocycles. The first kappa shape index (κ1) is 13.3. The quantitative estimate of drug-likeness (QED) is 0.803.